The third kappa shape index (κ3) is 3.14. The summed E-state index contributed by atoms with van der Waals surface area (Å²) in [5.74, 6) is 0.0253. The highest BCUT2D eigenvalue weighted by Crippen LogP contribution is 2.48. The van der Waals surface area contributed by atoms with E-state index in [2.05, 4.69) is 0 Å². The van der Waals surface area contributed by atoms with Crippen molar-refractivity contribution in [3.63, 3.8) is 0 Å². The molecular formula is C16H17NO3S2. The summed E-state index contributed by atoms with van der Waals surface area (Å²) in [7, 11) is -3.61. The fourth-order valence-corrected chi connectivity index (χ4v) is 4.37. The van der Waals surface area contributed by atoms with Crippen LogP contribution in [0.5, 0.6) is 0 Å². The highest BCUT2D eigenvalue weighted by molar-refractivity contribution is 7.99. The minimum atomic E-state index is -3.61. The Morgan fingerprint density at radius 1 is 1.00 bits per heavy atom. The van der Waals surface area contributed by atoms with Crippen molar-refractivity contribution < 1.29 is 12.7 Å². The molecule has 1 heterocycles. The summed E-state index contributed by atoms with van der Waals surface area (Å²) >= 11 is 1.61. The lowest BCUT2D eigenvalue weighted by Crippen LogP contribution is -2.26. The molecule has 0 saturated carbocycles. The Morgan fingerprint density at radius 3 is 2.09 bits per heavy atom. The lowest BCUT2D eigenvalue weighted by atomic mass is 10.2. The first-order valence-corrected chi connectivity index (χ1v) is 9.58. The van der Waals surface area contributed by atoms with Gasteiger partial charge in [0.05, 0.1) is 17.1 Å². The van der Waals surface area contributed by atoms with Crippen LogP contribution in [0.2, 0.25) is 0 Å². The molecule has 0 saturated heterocycles. The zero-order chi connectivity index (χ0) is 15.6. The molecule has 0 N–H and O–H groups in total. The maximum Gasteiger partial charge on any atom is 0.288 e. The molecule has 0 aromatic heterocycles. The van der Waals surface area contributed by atoms with E-state index in [1.807, 2.05) is 55.5 Å². The van der Waals surface area contributed by atoms with E-state index in [0.717, 1.165) is 27.6 Å². The standard InChI is InChI=1S/C16H17NO3S2/c1-2-3-12-22(18,19)20-17-13-8-4-6-10-15(13)21-16-11-7-5-9-14(16)17/h4-11H,2-3,12H2,1H3. The van der Waals surface area contributed by atoms with E-state index in [9.17, 15) is 8.42 Å². The van der Waals surface area contributed by atoms with Crippen LogP contribution < -0.4 is 5.06 Å². The molecule has 0 fully saturated rings. The molecule has 1 aliphatic rings. The Hall–Kier alpha value is -1.50. The minimum absolute atomic E-state index is 0.0253. The molecule has 22 heavy (non-hydrogen) atoms. The van der Waals surface area contributed by atoms with Crippen LogP contribution in [0.3, 0.4) is 0 Å². The van der Waals surface area contributed by atoms with Gasteiger partial charge in [-0.05, 0) is 30.7 Å². The largest absolute Gasteiger partial charge is 0.288 e. The summed E-state index contributed by atoms with van der Waals surface area (Å²) in [6, 6.07) is 15.3. The summed E-state index contributed by atoms with van der Waals surface area (Å²) in [5.41, 5.74) is 1.51. The van der Waals surface area contributed by atoms with Crippen molar-refractivity contribution in [3.8, 4) is 0 Å². The van der Waals surface area contributed by atoms with Gasteiger partial charge in [-0.2, -0.15) is 8.42 Å². The van der Waals surface area contributed by atoms with E-state index >= 15 is 0 Å². The first-order chi connectivity index (χ1) is 10.6. The van der Waals surface area contributed by atoms with Gasteiger partial charge in [0.1, 0.15) is 0 Å². The SMILES string of the molecule is CCCCS(=O)(=O)ON1c2ccccc2Sc2ccccc21. The summed E-state index contributed by atoms with van der Waals surface area (Å²) in [6.45, 7) is 1.96. The highest BCUT2D eigenvalue weighted by atomic mass is 32.2. The summed E-state index contributed by atoms with van der Waals surface area (Å²) in [5, 5.41) is 1.44. The van der Waals surface area contributed by atoms with Crippen LogP contribution in [0.1, 0.15) is 19.8 Å². The van der Waals surface area contributed by atoms with Gasteiger partial charge in [-0.25, -0.2) is 5.06 Å². The quantitative estimate of drug-likeness (QED) is 0.813. The van der Waals surface area contributed by atoms with Crippen molar-refractivity contribution in [2.45, 2.75) is 29.6 Å². The van der Waals surface area contributed by atoms with E-state index < -0.39 is 10.1 Å². The molecule has 2 aromatic carbocycles. The van der Waals surface area contributed by atoms with Gasteiger partial charge in [0.15, 0.2) is 0 Å². The number of rotatable bonds is 5. The zero-order valence-electron chi connectivity index (χ0n) is 12.2. The number of nitrogens with zero attached hydrogens (tertiary/aromatic N) is 1. The molecule has 116 valence electrons. The highest BCUT2D eigenvalue weighted by Gasteiger charge is 2.27. The lowest BCUT2D eigenvalue weighted by molar-refractivity contribution is 0.319. The van der Waals surface area contributed by atoms with Crippen LogP contribution in [0.25, 0.3) is 0 Å². The van der Waals surface area contributed by atoms with Gasteiger partial charge in [0.2, 0.25) is 0 Å². The fraction of sp³-hybridized carbons (Fsp3) is 0.250. The van der Waals surface area contributed by atoms with E-state index in [1.165, 1.54) is 5.06 Å². The van der Waals surface area contributed by atoms with Crippen molar-refractivity contribution in [3.05, 3.63) is 48.5 Å². The predicted molar refractivity (Wildman–Crippen MR) is 88.9 cm³/mol. The first-order valence-electron chi connectivity index (χ1n) is 7.19. The van der Waals surface area contributed by atoms with Crippen LogP contribution in [0, 0.1) is 0 Å². The van der Waals surface area contributed by atoms with E-state index in [0.29, 0.717) is 6.42 Å². The van der Waals surface area contributed by atoms with Crippen LogP contribution in [-0.4, -0.2) is 14.2 Å². The molecular weight excluding hydrogens is 318 g/mol. The Labute approximate surface area is 135 Å². The number of benzene rings is 2. The van der Waals surface area contributed by atoms with Gasteiger partial charge >= 0.3 is 0 Å². The molecule has 0 spiro atoms. The molecule has 0 amide bonds. The minimum Gasteiger partial charge on any atom is -0.202 e. The summed E-state index contributed by atoms with van der Waals surface area (Å²) in [4.78, 5) is 1.96. The van der Waals surface area contributed by atoms with E-state index in [-0.39, 0.29) is 5.75 Å². The van der Waals surface area contributed by atoms with Gasteiger partial charge in [0, 0.05) is 9.79 Å². The predicted octanol–water partition coefficient (Wildman–Crippen LogP) is 4.35. The van der Waals surface area contributed by atoms with Crippen LogP contribution in [0.4, 0.5) is 11.4 Å². The molecule has 0 aliphatic carbocycles. The van der Waals surface area contributed by atoms with Crippen molar-refractivity contribution in [2.75, 3.05) is 10.8 Å². The second-order valence-corrected chi connectivity index (χ2v) is 7.78. The molecule has 0 bridgehead atoms. The summed E-state index contributed by atoms with van der Waals surface area (Å²) < 4.78 is 29.8. The van der Waals surface area contributed by atoms with Crippen molar-refractivity contribution >= 4 is 33.3 Å². The monoisotopic (exact) mass is 335 g/mol. The lowest BCUT2D eigenvalue weighted by Gasteiger charge is -2.30. The third-order valence-corrected chi connectivity index (χ3v) is 5.62. The number of hydrogen-bond donors (Lipinski definition) is 0. The Kier molecular flexibility index (Phi) is 4.42. The van der Waals surface area contributed by atoms with Gasteiger partial charge in [0.25, 0.3) is 10.1 Å². The molecule has 2 aromatic rings. The number of anilines is 2. The van der Waals surface area contributed by atoms with Gasteiger partial charge in [-0.15, -0.1) is 4.28 Å². The van der Waals surface area contributed by atoms with Crippen molar-refractivity contribution in [2.24, 2.45) is 0 Å². The second-order valence-electron chi connectivity index (χ2n) is 5.02. The van der Waals surface area contributed by atoms with Crippen molar-refractivity contribution in [1.82, 2.24) is 0 Å². The topological polar surface area (TPSA) is 46.6 Å². The fourth-order valence-electron chi connectivity index (χ4n) is 2.22. The van der Waals surface area contributed by atoms with Crippen LogP contribution >= 0.6 is 11.8 Å². The average Bonchev–Trinajstić information content (AvgIpc) is 2.52. The normalized spacial score (nSPS) is 13.6. The molecule has 4 nitrogen and oxygen atoms in total. The van der Waals surface area contributed by atoms with Crippen LogP contribution in [0.15, 0.2) is 58.3 Å². The maximum absolute atomic E-state index is 12.2. The van der Waals surface area contributed by atoms with Gasteiger partial charge < -0.3 is 0 Å². The molecule has 1 aliphatic heterocycles. The van der Waals surface area contributed by atoms with Gasteiger partial charge in [-0.1, -0.05) is 49.4 Å². The number of para-hydroxylation sites is 2. The zero-order valence-corrected chi connectivity index (χ0v) is 13.9. The molecule has 6 heteroatoms. The number of fused-ring (bicyclic) bond motifs is 2. The van der Waals surface area contributed by atoms with E-state index in [4.69, 9.17) is 4.28 Å². The third-order valence-electron chi connectivity index (χ3n) is 3.32. The number of hydrogen-bond acceptors (Lipinski definition) is 5. The molecule has 3 rings (SSSR count). The molecule has 0 unspecified atom stereocenters. The smallest absolute Gasteiger partial charge is 0.202 e. The second kappa shape index (κ2) is 6.32. The Bertz CT molecular complexity index is 729. The number of unbranched alkanes of at least 4 members (excludes halogenated alkanes) is 1. The van der Waals surface area contributed by atoms with E-state index in [1.54, 1.807) is 11.8 Å². The molecule has 0 radical (unpaired) electrons. The Balaban J connectivity index is 2.00. The first kappa shape index (κ1) is 15.4. The Morgan fingerprint density at radius 2 is 1.55 bits per heavy atom. The average molecular weight is 335 g/mol. The molecule has 0 atom stereocenters. The van der Waals surface area contributed by atoms with Crippen LogP contribution in [-0.2, 0) is 14.4 Å². The summed E-state index contributed by atoms with van der Waals surface area (Å²) in [6.07, 6.45) is 1.40. The van der Waals surface area contributed by atoms with Gasteiger partial charge in [-0.3, -0.25) is 0 Å². The maximum atomic E-state index is 12.2. The van der Waals surface area contributed by atoms with Crippen molar-refractivity contribution in [1.29, 1.82) is 0 Å².